The van der Waals surface area contributed by atoms with Gasteiger partial charge in [0.2, 0.25) is 0 Å². The predicted octanol–water partition coefficient (Wildman–Crippen LogP) is 3.99. The van der Waals surface area contributed by atoms with Gasteiger partial charge >= 0.3 is 0 Å². The first-order valence-corrected chi connectivity index (χ1v) is 6.10. The lowest BCUT2D eigenvalue weighted by molar-refractivity contribution is 0.460. The zero-order valence-electron chi connectivity index (χ0n) is 8.30. The Kier molecular flexibility index (Phi) is 5.41. The van der Waals surface area contributed by atoms with Crippen LogP contribution in [0.15, 0.2) is 22.7 Å². The average molecular weight is 311 g/mol. The standard InChI is InChI=1S/C11H13BrClN.ClH/c12-9-1-2-10(11(13)7-9)8-3-5-14-6-4-8;/h1-2,7-8,14H,3-6H2;1H. The fraction of sp³-hybridized carbons (Fsp3) is 0.455. The van der Waals surface area contributed by atoms with Crippen molar-refractivity contribution in [3.8, 4) is 0 Å². The van der Waals surface area contributed by atoms with Crippen LogP contribution in [0.3, 0.4) is 0 Å². The maximum absolute atomic E-state index is 6.21. The molecule has 1 N–H and O–H groups in total. The van der Waals surface area contributed by atoms with Crippen LogP contribution in [0, 0.1) is 0 Å². The van der Waals surface area contributed by atoms with Crippen LogP contribution in [0.4, 0.5) is 0 Å². The average Bonchev–Trinajstić information content (AvgIpc) is 2.19. The van der Waals surface area contributed by atoms with E-state index in [0.717, 1.165) is 22.6 Å². The second kappa shape index (κ2) is 6.09. The smallest absolute Gasteiger partial charge is 0.0452 e. The molecular weight excluding hydrogens is 297 g/mol. The molecule has 15 heavy (non-hydrogen) atoms. The van der Waals surface area contributed by atoms with Gasteiger partial charge in [-0.05, 0) is 49.5 Å². The molecule has 4 heteroatoms. The van der Waals surface area contributed by atoms with Gasteiger partial charge in [0, 0.05) is 9.50 Å². The van der Waals surface area contributed by atoms with Gasteiger partial charge in [-0.3, -0.25) is 0 Å². The topological polar surface area (TPSA) is 12.0 Å². The summed E-state index contributed by atoms with van der Waals surface area (Å²) in [4.78, 5) is 0. The third-order valence-corrected chi connectivity index (χ3v) is 3.56. The summed E-state index contributed by atoms with van der Waals surface area (Å²) in [6, 6.07) is 6.20. The number of piperidine rings is 1. The van der Waals surface area contributed by atoms with Crippen LogP contribution in [0.2, 0.25) is 5.02 Å². The Hall–Kier alpha value is 0.240. The van der Waals surface area contributed by atoms with E-state index in [9.17, 15) is 0 Å². The van der Waals surface area contributed by atoms with Gasteiger partial charge in [0.1, 0.15) is 0 Å². The molecule has 1 nitrogen and oxygen atoms in total. The summed E-state index contributed by atoms with van der Waals surface area (Å²) in [5.41, 5.74) is 1.30. The fourth-order valence-electron chi connectivity index (χ4n) is 1.97. The molecular formula is C11H14BrCl2N. The molecule has 0 unspecified atom stereocenters. The van der Waals surface area contributed by atoms with E-state index in [1.54, 1.807) is 0 Å². The molecule has 1 aliphatic heterocycles. The highest BCUT2D eigenvalue weighted by Crippen LogP contribution is 2.32. The largest absolute Gasteiger partial charge is 0.317 e. The summed E-state index contributed by atoms with van der Waals surface area (Å²) in [5, 5.41) is 4.26. The summed E-state index contributed by atoms with van der Waals surface area (Å²) in [6.45, 7) is 2.22. The van der Waals surface area contributed by atoms with Crippen molar-refractivity contribution in [2.45, 2.75) is 18.8 Å². The number of halogens is 3. The Labute approximate surface area is 110 Å². The first-order chi connectivity index (χ1) is 6.77. The van der Waals surface area contributed by atoms with E-state index in [-0.39, 0.29) is 12.4 Å². The van der Waals surface area contributed by atoms with Crippen LogP contribution >= 0.6 is 39.9 Å². The molecule has 1 aliphatic rings. The molecule has 0 aromatic heterocycles. The van der Waals surface area contributed by atoms with Crippen LogP contribution < -0.4 is 5.32 Å². The van der Waals surface area contributed by atoms with Gasteiger partial charge in [-0.25, -0.2) is 0 Å². The number of rotatable bonds is 1. The van der Waals surface area contributed by atoms with Crippen LogP contribution in [0.1, 0.15) is 24.3 Å². The van der Waals surface area contributed by atoms with Gasteiger partial charge in [-0.1, -0.05) is 33.6 Å². The molecule has 0 radical (unpaired) electrons. The van der Waals surface area contributed by atoms with Crippen molar-refractivity contribution in [3.63, 3.8) is 0 Å². The molecule has 2 rings (SSSR count). The van der Waals surface area contributed by atoms with Crippen LogP contribution in [0.25, 0.3) is 0 Å². The van der Waals surface area contributed by atoms with Crippen LogP contribution in [-0.2, 0) is 0 Å². The quantitative estimate of drug-likeness (QED) is 0.827. The highest BCUT2D eigenvalue weighted by atomic mass is 79.9. The summed E-state index contributed by atoms with van der Waals surface area (Å²) < 4.78 is 1.06. The number of hydrogen-bond donors (Lipinski definition) is 1. The first-order valence-electron chi connectivity index (χ1n) is 4.93. The van der Waals surface area contributed by atoms with Crippen LogP contribution in [0.5, 0.6) is 0 Å². The zero-order chi connectivity index (χ0) is 9.97. The fourth-order valence-corrected chi connectivity index (χ4v) is 2.79. The van der Waals surface area contributed by atoms with Gasteiger partial charge in [0.05, 0.1) is 0 Å². The Morgan fingerprint density at radius 1 is 1.27 bits per heavy atom. The van der Waals surface area contributed by atoms with Crippen molar-refractivity contribution < 1.29 is 0 Å². The third kappa shape index (κ3) is 3.35. The SMILES string of the molecule is Cl.Clc1cc(Br)ccc1C1CCNCC1. The molecule has 1 aromatic carbocycles. The van der Waals surface area contributed by atoms with Gasteiger partial charge in [0.25, 0.3) is 0 Å². The molecule has 0 spiro atoms. The Bertz CT molecular complexity index is 324. The van der Waals surface area contributed by atoms with E-state index < -0.39 is 0 Å². The molecule has 0 bridgehead atoms. The van der Waals surface area contributed by atoms with E-state index in [0.29, 0.717) is 5.92 Å². The van der Waals surface area contributed by atoms with Crippen molar-refractivity contribution in [3.05, 3.63) is 33.3 Å². The summed E-state index contributed by atoms with van der Waals surface area (Å²) in [7, 11) is 0. The van der Waals surface area contributed by atoms with E-state index in [2.05, 4.69) is 33.4 Å². The Balaban J connectivity index is 0.00000112. The first kappa shape index (κ1) is 13.3. The molecule has 1 fully saturated rings. The lowest BCUT2D eigenvalue weighted by atomic mass is 9.90. The second-order valence-electron chi connectivity index (χ2n) is 3.69. The molecule has 1 saturated heterocycles. The lowest BCUT2D eigenvalue weighted by Gasteiger charge is -2.23. The summed E-state index contributed by atoms with van der Waals surface area (Å²) in [5.74, 6) is 0.636. The normalized spacial score (nSPS) is 17.2. The molecule has 1 heterocycles. The van der Waals surface area contributed by atoms with E-state index in [1.165, 1.54) is 18.4 Å². The van der Waals surface area contributed by atoms with Crippen molar-refractivity contribution >= 4 is 39.9 Å². The number of hydrogen-bond acceptors (Lipinski definition) is 1. The third-order valence-electron chi connectivity index (χ3n) is 2.74. The molecule has 1 aromatic rings. The van der Waals surface area contributed by atoms with Crippen molar-refractivity contribution in [2.24, 2.45) is 0 Å². The van der Waals surface area contributed by atoms with Crippen molar-refractivity contribution in [1.29, 1.82) is 0 Å². The zero-order valence-corrected chi connectivity index (χ0v) is 11.5. The minimum atomic E-state index is 0. The molecule has 84 valence electrons. The molecule has 0 aliphatic carbocycles. The lowest BCUT2D eigenvalue weighted by Crippen LogP contribution is -2.26. The van der Waals surface area contributed by atoms with E-state index in [4.69, 9.17) is 11.6 Å². The van der Waals surface area contributed by atoms with Gasteiger partial charge in [0.15, 0.2) is 0 Å². The Morgan fingerprint density at radius 2 is 1.93 bits per heavy atom. The minimum Gasteiger partial charge on any atom is -0.317 e. The highest BCUT2D eigenvalue weighted by molar-refractivity contribution is 9.10. The minimum absolute atomic E-state index is 0. The highest BCUT2D eigenvalue weighted by Gasteiger charge is 2.17. The van der Waals surface area contributed by atoms with E-state index in [1.807, 2.05) is 6.07 Å². The molecule has 0 atom stereocenters. The van der Waals surface area contributed by atoms with Gasteiger partial charge in [-0.15, -0.1) is 12.4 Å². The molecule has 0 amide bonds. The maximum atomic E-state index is 6.21. The van der Waals surface area contributed by atoms with Gasteiger partial charge < -0.3 is 5.32 Å². The summed E-state index contributed by atoms with van der Waals surface area (Å²) >= 11 is 9.64. The second-order valence-corrected chi connectivity index (χ2v) is 5.01. The number of benzene rings is 1. The maximum Gasteiger partial charge on any atom is 0.0452 e. The van der Waals surface area contributed by atoms with Crippen molar-refractivity contribution in [1.82, 2.24) is 5.32 Å². The van der Waals surface area contributed by atoms with Crippen molar-refractivity contribution in [2.75, 3.05) is 13.1 Å². The molecule has 0 saturated carbocycles. The number of nitrogens with one attached hydrogen (secondary N) is 1. The van der Waals surface area contributed by atoms with Crippen LogP contribution in [-0.4, -0.2) is 13.1 Å². The summed E-state index contributed by atoms with van der Waals surface area (Å²) in [6.07, 6.45) is 2.39. The monoisotopic (exact) mass is 309 g/mol. The van der Waals surface area contributed by atoms with Gasteiger partial charge in [-0.2, -0.15) is 0 Å². The predicted molar refractivity (Wildman–Crippen MR) is 71.2 cm³/mol. The van der Waals surface area contributed by atoms with E-state index >= 15 is 0 Å². The Morgan fingerprint density at radius 3 is 2.53 bits per heavy atom.